The summed E-state index contributed by atoms with van der Waals surface area (Å²) in [6.07, 6.45) is 0.867. The van der Waals surface area contributed by atoms with Gasteiger partial charge in [-0.25, -0.2) is 0 Å². The summed E-state index contributed by atoms with van der Waals surface area (Å²) in [5, 5.41) is 1.26. The molecule has 1 aromatic heterocycles. The normalized spacial score (nSPS) is 11.1. The van der Waals surface area contributed by atoms with Crippen LogP contribution in [0.4, 0.5) is 5.69 Å². The molecule has 0 aliphatic rings. The zero-order valence-electron chi connectivity index (χ0n) is 13.3. The Labute approximate surface area is 142 Å². The van der Waals surface area contributed by atoms with Gasteiger partial charge in [0, 0.05) is 29.3 Å². The molecule has 0 bridgehead atoms. The van der Waals surface area contributed by atoms with Crippen LogP contribution in [0.25, 0.3) is 21.8 Å². The SMILES string of the molecule is Cc1ccc2c(=O)c3ccc(Br)cc3n(CC=O)c2c1N(C)C. The Hall–Kier alpha value is -2.14. The molecule has 0 saturated carbocycles. The predicted octanol–water partition coefficient (Wildman–Crippen LogP) is 3.49. The number of hydrogen-bond donors (Lipinski definition) is 0. The number of fused-ring (bicyclic) bond motifs is 2. The third-order valence-electron chi connectivity index (χ3n) is 4.07. The summed E-state index contributed by atoms with van der Waals surface area (Å²) in [6.45, 7) is 2.21. The van der Waals surface area contributed by atoms with Crippen LogP contribution in [0.1, 0.15) is 5.56 Å². The zero-order chi connectivity index (χ0) is 16.7. The van der Waals surface area contributed by atoms with Crippen molar-refractivity contribution in [2.45, 2.75) is 13.5 Å². The summed E-state index contributed by atoms with van der Waals surface area (Å²) in [7, 11) is 3.89. The number of anilines is 1. The molecule has 0 fully saturated rings. The molecule has 0 N–H and O–H groups in total. The lowest BCUT2D eigenvalue weighted by atomic mass is 10.0. The Morgan fingerprint density at radius 1 is 1.17 bits per heavy atom. The van der Waals surface area contributed by atoms with E-state index < -0.39 is 0 Å². The lowest BCUT2D eigenvalue weighted by molar-refractivity contribution is -0.108. The standard InChI is InChI=1S/C18H17BrN2O2/c1-11-4-6-14-17(16(11)20(2)3)21(8-9-22)15-10-12(19)5-7-13(15)18(14)23/h4-7,9-10H,8H2,1-3H3. The first-order valence-corrected chi connectivity index (χ1v) is 8.11. The quantitative estimate of drug-likeness (QED) is 0.522. The van der Waals surface area contributed by atoms with Gasteiger partial charge in [-0.3, -0.25) is 4.79 Å². The maximum atomic E-state index is 12.9. The van der Waals surface area contributed by atoms with Crippen molar-refractivity contribution in [2.75, 3.05) is 19.0 Å². The van der Waals surface area contributed by atoms with Crippen molar-refractivity contribution >= 4 is 49.7 Å². The van der Waals surface area contributed by atoms with E-state index in [1.807, 2.05) is 54.8 Å². The van der Waals surface area contributed by atoms with Crippen molar-refractivity contribution in [3.05, 3.63) is 50.6 Å². The number of pyridine rings is 1. The number of carbonyl (C=O) groups is 1. The van der Waals surface area contributed by atoms with Crippen molar-refractivity contribution in [3.8, 4) is 0 Å². The van der Waals surface area contributed by atoms with Gasteiger partial charge in [0.15, 0.2) is 5.43 Å². The molecule has 0 saturated heterocycles. The molecular weight excluding hydrogens is 356 g/mol. The minimum atomic E-state index is -0.00671. The van der Waals surface area contributed by atoms with E-state index in [1.54, 1.807) is 6.07 Å². The molecule has 3 aromatic rings. The highest BCUT2D eigenvalue weighted by Gasteiger charge is 2.16. The molecule has 2 aromatic carbocycles. The highest BCUT2D eigenvalue weighted by molar-refractivity contribution is 9.10. The first kappa shape index (κ1) is 15.7. The van der Waals surface area contributed by atoms with Gasteiger partial charge in [-0.2, -0.15) is 0 Å². The first-order chi connectivity index (χ1) is 11.0. The number of nitrogens with zero attached hydrogens (tertiary/aromatic N) is 2. The maximum absolute atomic E-state index is 12.9. The second-order valence-electron chi connectivity index (χ2n) is 5.79. The molecule has 0 aliphatic heterocycles. The fraction of sp³-hybridized carbons (Fsp3) is 0.222. The molecule has 0 atom stereocenters. The smallest absolute Gasteiger partial charge is 0.197 e. The summed E-state index contributed by atoms with van der Waals surface area (Å²) in [5.74, 6) is 0. The van der Waals surface area contributed by atoms with Gasteiger partial charge in [0.1, 0.15) is 6.29 Å². The minimum absolute atomic E-state index is 0.00671. The number of aromatic nitrogens is 1. The number of hydrogen-bond acceptors (Lipinski definition) is 3. The van der Waals surface area contributed by atoms with Gasteiger partial charge in [0.05, 0.1) is 23.3 Å². The topological polar surface area (TPSA) is 42.3 Å². The Balaban J connectivity index is 2.67. The average molecular weight is 373 g/mol. The van der Waals surface area contributed by atoms with E-state index in [1.165, 1.54) is 0 Å². The van der Waals surface area contributed by atoms with Crippen molar-refractivity contribution < 1.29 is 4.79 Å². The average Bonchev–Trinajstić information content (AvgIpc) is 2.50. The van der Waals surface area contributed by atoms with Gasteiger partial charge >= 0.3 is 0 Å². The summed E-state index contributed by atoms with van der Waals surface area (Å²) in [6, 6.07) is 9.35. The van der Waals surface area contributed by atoms with Crippen LogP contribution in [0, 0.1) is 6.92 Å². The lowest BCUT2D eigenvalue weighted by Crippen LogP contribution is -2.18. The van der Waals surface area contributed by atoms with Gasteiger partial charge < -0.3 is 14.3 Å². The van der Waals surface area contributed by atoms with Crippen molar-refractivity contribution in [2.24, 2.45) is 0 Å². The molecular formula is C18H17BrN2O2. The molecule has 0 spiro atoms. The molecule has 5 heteroatoms. The van der Waals surface area contributed by atoms with Gasteiger partial charge in [0.25, 0.3) is 0 Å². The van der Waals surface area contributed by atoms with Crippen LogP contribution in [-0.4, -0.2) is 24.9 Å². The Kier molecular flexibility index (Phi) is 3.98. The van der Waals surface area contributed by atoms with E-state index in [4.69, 9.17) is 0 Å². The second-order valence-corrected chi connectivity index (χ2v) is 6.71. The molecule has 0 unspecified atom stereocenters. The minimum Gasteiger partial charge on any atom is -0.376 e. The van der Waals surface area contributed by atoms with Crippen LogP contribution in [0.2, 0.25) is 0 Å². The number of carbonyl (C=O) groups excluding carboxylic acids is 1. The molecule has 0 amide bonds. The third-order valence-corrected chi connectivity index (χ3v) is 4.56. The molecule has 0 radical (unpaired) electrons. The summed E-state index contributed by atoms with van der Waals surface area (Å²) >= 11 is 3.45. The Morgan fingerprint density at radius 3 is 2.52 bits per heavy atom. The molecule has 3 rings (SSSR count). The molecule has 23 heavy (non-hydrogen) atoms. The van der Waals surface area contributed by atoms with E-state index >= 15 is 0 Å². The molecule has 1 heterocycles. The predicted molar refractivity (Wildman–Crippen MR) is 98.5 cm³/mol. The van der Waals surface area contributed by atoms with E-state index in [0.717, 1.165) is 33.0 Å². The monoisotopic (exact) mass is 372 g/mol. The van der Waals surface area contributed by atoms with Crippen molar-refractivity contribution in [3.63, 3.8) is 0 Å². The molecule has 118 valence electrons. The zero-order valence-corrected chi connectivity index (χ0v) is 14.8. The second kappa shape index (κ2) is 5.81. The van der Waals surface area contributed by atoms with Crippen LogP contribution in [0.3, 0.4) is 0 Å². The van der Waals surface area contributed by atoms with E-state index in [0.29, 0.717) is 10.8 Å². The van der Waals surface area contributed by atoms with E-state index in [-0.39, 0.29) is 12.0 Å². The fourth-order valence-electron chi connectivity index (χ4n) is 3.15. The number of aryl methyl sites for hydroxylation is 1. The summed E-state index contributed by atoms with van der Waals surface area (Å²) in [5.41, 5.74) is 3.59. The van der Waals surface area contributed by atoms with E-state index in [2.05, 4.69) is 15.9 Å². The number of benzene rings is 2. The third kappa shape index (κ3) is 2.45. The van der Waals surface area contributed by atoms with Gasteiger partial charge in [-0.1, -0.05) is 22.0 Å². The van der Waals surface area contributed by atoms with Gasteiger partial charge in [-0.15, -0.1) is 0 Å². The van der Waals surface area contributed by atoms with Crippen molar-refractivity contribution in [1.29, 1.82) is 0 Å². The summed E-state index contributed by atoms with van der Waals surface area (Å²) in [4.78, 5) is 26.2. The van der Waals surface area contributed by atoms with Crippen LogP contribution < -0.4 is 10.3 Å². The van der Waals surface area contributed by atoms with Gasteiger partial charge in [-0.05, 0) is 36.8 Å². The van der Waals surface area contributed by atoms with Crippen LogP contribution >= 0.6 is 15.9 Å². The fourth-order valence-corrected chi connectivity index (χ4v) is 3.50. The van der Waals surface area contributed by atoms with Gasteiger partial charge in [0.2, 0.25) is 0 Å². The van der Waals surface area contributed by atoms with Crippen LogP contribution in [0.5, 0.6) is 0 Å². The highest BCUT2D eigenvalue weighted by atomic mass is 79.9. The first-order valence-electron chi connectivity index (χ1n) is 7.32. The van der Waals surface area contributed by atoms with Crippen molar-refractivity contribution in [1.82, 2.24) is 4.57 Å². The Morgan fingerprint density at radius 2 is 1.87 bits per heavy atom. The largest absolute Gasteiger partial charge is 0.376 e. The number of halogens is 1. The number of rotatable bonds is 3. The molecule has 4 nitrogen and oxygen atoms in total. The lowest BCUT2D eigenvalue weighted by Gasteiger charge is -2.22. The Bertz CT molecular complexity index is 990. The highest BCUT2D eigenvalue weighted by Crippen LogP contribution is 2.31. The van der Waals surface area contributed by atoms with Crippen LogP contribution in [0.15, 0.2) is 39.6 Å². The molecule has 0 aliphatic carbocycles. The van der Waals surface area contributed by atoms with E-state index in [9.17, 15) is 9.59 Å². The van der Waals surface area contributed by atoms with Crippen LogP contribution in [-0.2, 0) is 11.3 Å². The summed E-state index contributed by atoms with van der Waals surface area (Å²) < 4.78 is 2.80. The maximum Gasteiger partial charge on any atom is 0.197 e. The number of aldehydes is 1.